The van der Waals surface area contributed by atoms with Gasteiger partial charge in [-0.25, -0.2) is 4.79 Å². The summed E-state index contributed by atoms with van der Waals surface area (Å²) in [5, 5.41) is 0. The van der Waals surface area contributed by atoms with Crippen LogP contribution in [-0.2, 0) is 33.4 Å². The van der Waals surface area contributed by atoms with Gasteiger partial charge < -0.3 is 9.47 Å². The highest BCUT2D eigenvalue weighted by molar-refractivity contribution is 7.88. The first kappa shape index (κ1) is 14.5. The third kappa shape index (κ3) is 1.85. The topological polar surface area (TPSA) is 96.0 Å². The number of carbonyl (C=O) groups excluding carboxylic acids is 2. The smallest absolute Gasteiger partial charge is 0.330 e. The van der Waals surface area contributed by atoms with Gasteiger partial charge in [-0.1, -0.05) is 6.58 Å². The van der Waals surface area contributed by atoms with Crippen LogP contribution in [0.4, 0.5) is 0 Å². The minimum atomic E-state index is -3.89. The van der Waals surface area contributed by atoms with Crippen molar-refractivity contribution in [2.75, 3.05) is 7.11 Å². The van der Waals surface area contributed by atoms with Crippen molar-refractivity contribution >= 4 is 22.1 Å². The second-order valence-corrected chi connectivity index (χ2v) is 7.66. The summed E-state index contributed by atoms with van der Waals surface area (Å²) in [7, 11) is -2.67. The van der Waals surface area contributed by atoms with Crippen LogP contribution in [0.5, 0.6) is 0 Å². The summed E-state index contributed by atoms with van der Waals surface area (Å²) in [6, 6.07) is 0. The number of fused-ring (bicyclic) bond motifs is 1. The molecule has 5 atom stereocenters. The Kier molecular flexibility index (Phi) is 3.14. The van der Waals surface area contributed by atoms with Gasteiger partial charge in [0, 0.05) is 17.9 Å². The van der Waals surface area contributed by atoms with Gasteiger partial charge in [0.2, 0.25) is 0 Å². The predicted octanol–water partition coefficient (Wildman–Crippen LogP) is 0.155. The summed E-state index contributed by atoms with van der Waals surface area (Å²) in [6.45, 7) is 3.32. The van der Waals surface area contributed by atoms with Crippen molar-refractivity contribution < 1.29 is 31.7 Å². The van der Waals surface area contributed by atoms with Crippen LogP contribution in [0.15, 0.2) is 12.7 Å². The average molecular weight is 316 g/mol. The number of esters is 2. The lowest BCUT2D eigenvalue weighted by Crippen LogP contribution is -2.46. The van der Waals surface area contributed by atoms with Crippen molar-refractivity contribution in [2.24, 2.45) is 11.8 Å². The Labute approximate surface area is 122 Å². The minimum absolute atomic E-state index is 0.120. The van der Waals surface area contributed by atoms with E-state index in [4.69, 9.17) is 8.92 Å². The highest BCUT2D eigenvalue weighted by Gasteiger charge is 2.74. The molecule has 3 fully saturated rings. The van der Waals surface area contributed by atoms with Gasteiger partial charge in [0.1, 0.15) is 17.0 Å². The first-order valence-corrected chi connectivity index (χ1v) is 8.08. The van der Waals surface area contributed by atoms with E-state index in [0.717, 1.165) is 6.08 Å². The van der Waals surface area contributed by atoms with Gasteiger partial charge in [0.15, 0.2) is 0 Å². The second-order valence-electron chi connectivity index (χ2n) is 5.74. The Morgan fingerprint density at radius 3 is 2.81 bits per heavy atom. The van der Waals surface area contributed by atoms with Crippen LogP contribution in [0.1, 0.15) is 19.3 Å². The van der Waals surface area contributed by atoms with Crippen LogP contribution in [0.3, 0.4) is 0 Å². The number of hydrogen-bond donors (Lipinski definition) is 0. The van der Waals surface area contributed by atoms with Gasteiger partial charge in [0.25, 0.3) is 10.1 Å². The van der Waals surface area contributed by atoms with E-state index < -0.39 is 39.0 Å². The third-order valence-corrected chi connectivity index (χ3v) is 6.94. The van der Waals surface area contributed by atoms with Crippen LogP contribution in [0.25, 0.3) is 0 Å². The molecule has 2 saturated carbocycles. The molecule has 116 valence electrons. The lowest BCUT2D eigenvalue weighted by molar-refractivity contribution is -0.151. The van der Waals surface area contributed by atoms with Crippen molar-refractivity contribution in [1.82, 2.24) is 0 Å². The molecule has 1 saturated heterocycles. The van der Waals surface area contributed by atoms with Gasteiger partial charge in [-0.2, -0.15) is 8.42 Å². The molecule has 21 heavy (non-hydrogen) atoms. The van der Waals surface area contributed by atoms with Gasteiger partial charge in [-0.15, -0.1) is 0 Å². The lowest BCUT2D eigenvalue weighted by atomic mass is 9.82. The molecule has 0 spiro atoms. The molecule has 0 aromatic carbocycles. The molecule has 3 rings (SSSR count). The Morgan fingerprint density at radius 2 is 2.19 bits per heavy atom. The van der Waals surface area contributed by atoms with Crippen molar-refractivity contribution in [3.8, 4) is 0 Å². The Hall–Kier alpha value is -1.41. The third-order valence-electron chi connectivity index (χ3n) is 4.85. The highest BCUT2D eigenvalue weighted by Crippen LogP contribution is 2.63. The zero-order valence-corrected chi connectivity index (χ0v) is 12.3. The summed E-state index contributed by atoms with van der Waals surface area (Å²) in [5.41, 5.74) is 0. The largest absolute Gasteiger partial charge is 0.469 e. The lowest BCUT2D eigenvalue weighted by Gasteiger charge is -2.31. The average Bonchev–Trinajstić information content (AvgIpc) is 2.99. The van der Waals surface area contributed by atoms with Crippen LogP contribution < -0.4 is 0 Å². The molecule has 3 aliphatic rings. The number of ether oxygens (including phenoxy) is 2. The van der Waals surface area contributed by atoms with E-state index >= 15 is 0 Å². The number of methoxy groups -OCH3 is 1. The quantitative estimate of drug-likeness (QED) is 0.414. The number of rotatable bonds is 4. The Balaban J connectivity index is 1.91. The molecular weight excluding hydrogens is 300 g/mol. The minimum Gasteiger partial charge on any atom is -0.469 e. The zero-order valence-electron chi connectivity index (χ0n) is 11.5. The predicted molar refractivity (Wildman–Crippen MR) is 69.4 cm³/mol. The van der Waals surface area contributed by atoms with E-state index in [1.165, 1.54) is 7.11 Å². The van der Waals surface area contributed by atoms with E-state index in [2.05, 4.69) is 11.3 Å². The van der Waals surface area contributed by atoms with Crippen molar-refractivity contribution in [3.05, 3.63) is 12.7 Å². The molecular formula is C13H16O7S. The summed E-state index contributed by atoms with van der Waals surface area (Å²) in [5.74, 6) is -1.63. The zero-order chi connectivity index (χ0) is 15.4. The fourth-order valence-corrected chi connectivity index (χ4v) is 6.05. The van der Waals surface area contributed by atoms with Gasteiger partial charge in [0.05, 0.1) is 13.5 Å². The van der Waals surface area contributed by atoms with Crippen LogP contribution in [-0.4, -0.2) is 44.4 Å². The summed E-state index contributed by atoms with van der Waals surface area (Å²) >= 11 is 0. The molecule has 8 heteroatoms. The van der Waals surface area contributed by atoms with Gasteiger partial charge >= 0.3 is 11.9 Å². The van der Waals surface area contributed by atoms with Crippen molar-refractivity contribution in [2.45, 2.75) is 36.2 Å². The maximum absolute atomic E-state index is 12.4. The molecule has 1 aliphatic heterocycles. The molecule has 7 nitrogen and oxygen atoms in total. The van der Waals surface area contributed by atoms with Crippen LogP contribution in [0.2, 0.25) is 0 Å². The fourth-order valence-electron chi connectivity index (χ4n) is 4.01. The number of hydrogen-bond acceptors (Lipinski definition) is 7. The molecule has 0 N–H and O–H groups in total. The summed E-state index contributed by atoms with van der Waals surface area (Å²) < 4.78 is 38.5. The van der Waals surface area contributed by atoms with E-state index in [0.29, 0.717) is 6.42 Å². The normalized spacial score (nSPS) is 41.8. The first-order chi connectivity index (χ1) is 9.84. The molecule has 2 aliphatic carbocycles. The Bertz CT molecular complexity index is 610. The van der Waals surface area contributed by atoms with Crippen molar-refractivity contribution in [1.29, 1.82) is 0 Å². The highest BCUT2D eigenvalue weighted by atomic mass is 32.2. The van der Waals surface area contributed by atoms with E-state index in [1.807, 2.05) is 0 Å². The first-order valence-electron chi connectivity index (χ1n) is 6.67. The maximum Gasteiger partial charge on any atom is 0.330 e. The van der Waals surface area contributed by atoms with Crippen LogP contribution in [0, 0.1) is 11.8 Å². The Morgan fingerprint density at radius 1 is 1.48 bits per heavy atom. The molecule has 5 unspecified atom stereocenters. The van der Waals surface area contributed by atoms with Crippen molar-refractivity contribution in [3.63, 3.8) is 0 Å². The van der Waals surface area contributed by atoms with E-state index in [1.54, 1.807) is 0 Å². The molecule has 2 bridgehead atoms. The van der Waals surface area contributed by atoms with E-state index in [-0.39, 0.29) is 24.7 Å². The van der Waals surface area contributed by atoms with Gasteiger partial charge in [-0.05, 0) is 12.8 Å². The molecule has 0 aromatic rings. The van der Waals surface area contributed by atoms with E-state index in [9.17, 15) is 18.0 Å². The molecule has 1 heterocycles. The molecule has 0 aromatic heterocycles. The summed E-state index contributed by atoms with van der Waals surface area (Å²) in [4.78, 5) is 22.9. The number of carbonyl (C=O) groups is 2. The second kappa shape index (κ2) is 4.54. The monoisotopic (exact) mass is 316 g/mol. The summed E-state index contributed by atoms with van der Waals surface area (Å²) in [6.07, 6.45) is 0.338. The van der Waals surface area contributed by atoms with Gasteiger partial charge in [-0.3, -0.25) is 8.98 Å². The maximum atomic E-state index is 12.4. The van der Waals surface area contributed by atoms with Crippen LogP contribution >= 0.6 is 0 Å². The molecule has 0 amide bonds. The fraction of sp³-hybridized carbons (Fsp3) is 0.692. The molecule has 0 radical (unpaired) electrons. The SMILES string of the molecule is C=CC(=O)OC1C2CC3C1OS(=O)(=O)C3(CC(=O)OC)C2. The standard InChI is InChI=1S/C13H16O7S/c1-3-9(14)19-11-7-4-8-12(11)20-21(16,17)13(8,5-7)6-10(15)18-2/h3,7-8,11-12H,1,4-6H2,2H3.